The molecule has 0 radical (unpaired) electrons. The van der Waals surface area contributed by atoms with Crippen molar-refractivity contribution in [3.8, 4) is 0 Å². The van der Waals surface area contributed by atoms with E-state index in [1.165, 1.54) is 11.8 Å². The van der Waals surface area contributed by atoms with Crippen LogP contribution in [0.25, 0.3) is 0 Å². The SMILES string of the molecule is Cc1ccccc1NC1=C(Sc2ccccc2)C(=O)N(c2cc(Cl)cc(Cl)c2)C1=O. The average molecular weight is 455 g/mol. The zero-order chi connectivity index (χ0) is 21.3. The third-order valence-electron chi connectivity index (χ3n) is 4.51. The minimum absolute atomic E-state index is 0.222. The lowest BCUT2D eigenvalue weighted by Gasteiger charge is -2.16. The summed E-state index contributed by atoms with van der Waals surface area (Å²) in [7, 11) is 0. The molecule has 3 aromatic rings. The number of para-hydroxylation sites is 1. The highest BCUT2D eigenvalue weighted by Gasteiger charge is 2.40. The number of nitrogens with zero attached hydrogens (tertiary/aromatic N) is 1. The Morgan fingerprint density at radius 1 is 0.833 bits per heavy atom. The van der Waals surface area contributed by atoms with Gasteiger partial charge >= 0.3 is 0 Å². The Kier molecular flexibility index (Phi) is 5.86. The van der Waals surface area contributed by atoms with Gasteiger partial charge in [-0.2, -0.15) is 0 Å². The maximum atomic E-state index is 13.3. The van der Waals surface area contributed by atoms with E-state index in [1.807, 2.05) is 61.5 Å². The number of anilines is 2. The highest BCUT2D eigenvalue weighted by atomic mass is 35.5. The molecule has 0 unspecified atom stereocenters. The van der Waals surface area contributed by atoms with Crippen LogP contribution < -0.4 is 10.2 Å². The lowest BCUT2D eigenvalue weighted by Crippen LogP contribution is -2.32. The summed E-state index contributed by atoms with van der Waals surface area (Å²) in [6, 6.07) is 21.7. The Hall–Kier alpha value is -2.73. The van der Waals surface area contributed by atoms with Crippen LogP contribution in [0.1, 0.15) is 5.56 Å². The van der Waals surface area contributed by atoms with Crippen LogP contribution in [0.3, 0.4) is 0 Å². The van der Waals surface area contributed by atoms with E-state index in [1.54, 1.807) is 18.2 Å². The van der Waals surface area contributed by atoms with E-state index in [9.17, 15) is 9.59 Å². The van der Waals surface area contributed by atoms with Crippen LogP contribution in [-0.4, -0.2) is 11.8 Å². The van der Waals surface area contributed by atoms with Gasteiger partial charge in [0.25, 0.3) is 11.8 Å². The van der Waals surface area contributed by atoms with Gasteiger partial charge in [-0.3, -0.25) is 9.59 Å². The second kappa shape index (κ2) is 8.56. The second-order valence-electron chi connectivity index (χ2n) is 6.63. The van der Waals surface area contributed by atoms with Crippen molar-refractivity contribution >= 4 is 58.2 Å². The van der Waals surface area contributed by atoms with Crippen molar-refractivity contribution in [2.75, 3.05) is 10.2 Å². The molecule has 4 nitrogen and oxygen atoms in total. The fourth-order valence-corrected chi connectivity index (χ4v) is 4.53. The predicted molar refractivity (Wildman–Crippen MR) is 123 cm³/mol. The van der Waals surface area contributed by atoms with E-state index in [0.29, 0.717) is 20.6 Å². The summed E-state index contributed by atoms with van der Waals surface area (Å²) < 4.78 is 0. The van der Waals surface area contributed by atoms with Gasteiger partial charge < -0.3 is 5.32 Å². The number of halogens is 2. The lowest BCUT2D eigenvalue weighted by atomic mass is 10.2. The van der Waals surface area contributed by atoms with Crippen LogP contribution in [0.4, 0.5) is 11.4 Å². The highest BCUT2D eigenvalue weighted by Crippen LogP contribution is 2.39. The standard InChI is InChI=1S/C23H16Cl2N2O2S/c1-14-7-5-6-10-19(14)26-20-21(30-18-8-3-2-4-9-18)23(29)27(22(20)28)17-12-15(24)11-16(25)13-17/h2-13,26H,1H3. The van der Waals surface area contributed by atoms with Gasteiger partial charge in [0.1, 0.15) is 10.6 Å². The molecular weight excluding hydrogens is 439 g/mol. The Morgan fingerprint density at radius 3 is 2.13 bits per heavy atom. The number of hydrogen-bond acceptors (Lipinski definition) is 4. The topological polar surface area (TPSA) is 49.4 Å². The summed E-state index contributed by atoms with van der Waals surface area (Å²) in [5.74, 6) is -0.886. The third-order valence-corrected chi connectivity index (χ3v) is 6.04. The summed E-state index contributed by atoms with van der Waals surface area (Å²) in [5, 5.41) is 3.86. The number of carbonyl (C=O) groups excluding carboxylic acids is 2. The molecule has 3 aromatic carbocycles. The van der Waals surface area contributed by atoms with Crippen molar-refractivity contribution in [2.45, 2.75) is 11.8 Å². The molecule has 0 atom stereocenters. The van der Waals surface area contributed by atoms with E-state index >= 15 is 0 Å². The summed E-state index contributed by atoms with van der Waals surface area (Å²) >= 11 is 13.5. The van der Waals surface area contributed by atoms with Crippen molar-refractivity contribution in [3.05, 3.63) is 99.0 Å². The van der Waals surface area contributed by atoms with Crippen LogP contribution in [0.2, 0.25) is 10.0 Å². The summed E-state index contributed by atoms with van der Waals surface area (Å²) in [4.78, 5) is 28.9. The molecule has 0 saturated heterocycles. The molecule has 0 aromatic heterocycles. The first-order valence-electron chi connectivity index (χ1n) is 9.09. The maximum absolute atomic E-state index is 13.3. The van der Waals surface area contributed by atoms with Gasteiger partial charge in [-0.1, -0.05) is 71.4 Å². The van der Waals surface area contributed by atoms with Crippen molar-refractivity contribution < 1.29 is 9.59 Å². The van der Waals surface area contributed by atoms with Crippen LogP contribution in [-0.2, 0) is 9.59 Å². The van der Waals surface area contributed by atoms with Crippen LogP contribution >= 0.6 is 35.0 Å². The van der Waals surface area contributed by atoms with Gasteiger partial charge in [0.2, 0.25) is 0 Å². The second-order valence-corrected chi connectivity index (χ2v) is 8.59. The lowest BCUT2D eigenvalue weighted by molar-refractivity contribution is -0.120. The molecule has 150 valence electrons. The number of thioether (sulfide) groups is 1. The Balaban J connectivity index is 1.78. The fraction of sp³-hybridized carbons (Fsp3) is 0.0435. The number of benzene rings is 3. The molecule has 4 rings (SSSR count). The average Bonchev–Trinajstić information content (AvgIpc) is 2.93. The van der Waals surface area contributed by atoms with Crippen molar-refractivity contribution in [1.82, 2.24) is 0 Å². The monoisotopic (exact) mass is 454 g/mol. The van der Waals surface area contributed by atoms with Gasteiger partial charge in [0.05, 0.1) is 5.69 Å². The molecule has 1 N–H and O–H groups in total. The first-order valence-corrected chi connectivity index (χ1v) is 10.7. The Morgan fingerprint density at radius 2 is 1.47 bits per heavy atom. The minimum atomic E-state index is -0.458. The molecule has 0 bridgehead atoms. The quantitative estimate of drug-likeness (QED) is 0.460. The molecule has 2 amide bonds. The van der Waals surface area contributed by atoms with E-state index in [4.69, 9.17) is 23.2 Å². The first-order chi connectivity index (χ1) is 14.4. The maximum Gasteiger partial charge on any atom is 0.283 e. The molecule has 0 fully saturated rings. The minimum Gasteiger partial charge on any atom is -0.350 e. The van der Waals surface area contributed by atoms with Crippen LogP contribution in [0, 0.1) is 6.92 Å². The number of nitrogens with one attached hydrogen (secondary N) is 1. The molecule has 1 aliphatic heterocycles. The summed E-state index contributed by atoms with van der Waals surface area (Å²) in [6.45, 7) is 1.93. The molecule has 0 spiro atoms. The van der Waals surface area contributed by atoms with Gasteiger partial charge in [0, 0.05) is 20.6 Å². The molecule has 7 heteroatoms. The third kappa shape index (κ3) is 4.10. The molecule has 30 heavy (non-hydrogen) atoms. The van der Waals surface area contributed by atoms with Crippen molar-refractivity contribution in [2.24, 2.45) is 0 Å². The molecular formula is C23H16Cl2N2O2S. The van der Waals surface area contributed by atoms with Crippen molar-refractivity contribution in [1.29, 1.82) is 0 Å². The smallest absolute Gasteiger partial charge is 0.283 e. The van der Waals surface area contributed by atoms with Crippen LogP contribution in [0.15, 0.2) is 88.3 Å². The van der Waals surface area contributed by atoms with E-state index in [-0.39, 0.29) is 5.70 Å². The molecule has 1 aliphatic rings. The van der Waals surface area contributed by atoms with E-state index in [2.05, 4.69) is 5.32 Å². The largest absolute Gasteiger partial charge is 0.350 e. The molecule has 0 aliphatic carbocycles. The van der Waals surface area contributed by atoms with Crippen molar-refractivity contribution in [3.63, 3.8) is 0 Å². The molecule has 1 heterocycles. The number of hydrogen-bond donors (Lipinski definition) is 1. The normalized spacial score (nSPS) is 13.9. The number of imide groups is 1. The van der Waals surface area contributed by atoms with E-state index in [0.717, 1.165) is 21.0 Å². The van der Waals surface area contributed by atoms with Gasteiger partial charge in [0.15, 0.2) is 0 Å². The van der Waals surface area contributed by atoms with Crippen LogP contribution in [0.5, 0.6) is 0 Å². The molecule has 0 saturated carbocycles. The van der Waals surface area contributed by atoms with Gasteiger partial charge in [-0.05, 0) is 48.9 Å². The number of amides is 2. The number of carbonyl (C=O) groups is 2. The highest BCUT2D eigenvalue weighted by molar-refractivity contribution is 8.04. The Labute approximate surface area is 188 Å². The number of aryl methyl sites for hydroxylation is 1. The zero-order valence-corrected chi connectivity index (χ0v) is 18.2. The summed E-state index contributed by atoms with van der Waals surface area (Å²) in [5.41, 5.74) is 2.26. The first kappa shape index (κ1) is 20.5. The summed E-state index contributed by atoms with van der Waals surface area (Å²) in [6.07, 6.45) is 0. The van der Waals surface area contributed by atoms with Gasteiger partial charge in [-0.25, -0.2) is 4.90 Å². The number of rotatable bonds is 5. The van der Waals surface area contributed by atoms with Gasteiger partial charge in [-0.15, -0.1) is 0 Å². The zero-order valence-electron chi connectivity index (χ0n) is 15.9. The predicted octanol–water partition coefficient (Wildman–Crippen LogP) is 6.29. The fourth-order valence-electron chi connectivity index (χ4n) is 3.07. The Bertz CT molecular complexity index is 1160. The van der Waals surface area contributed by atoms with E-state index < -0.39 is 11.8 Å².